The average molecular weight is 361 g/mol. The van der Waals surface area contributed by atoms with Crippen LogP contribution in [0.15, 0.2) is 46.3 Å². The summed E-state index contributed by atoms with van der Waals surface area (Å²) in [6.45, 7) is 0. The molecule has 2 nitrogen and oxygen atoms in total. The van der Waals surface area contributed by atoms with E-state index in [9.17, 15) is 5.26 Å². The standard InChI is InChI=1S/C15H9BrN2S2/c16-10-5-2-1-4-9(10)15-13(11-6-3-7-19-11)14(18)12(8-17)20-15/h1-7H,18H2. The number of benzene rings is 1. The average Bonchev–Trinajstić information content (AvgIpc) is 3.06. The van der Waals surface area contributed by atoms with E-state index in [2.05, 4.69) is 22.0 Å². The number of nitriles is 1. The molecule has 2 aromatic heterocycles. The Morgan fingerprint density at radius 1 is 1.15 bits per heavy atom. The summed E-state index contributed by atoms with van der Waals surface area (Å²) in [5, 5.41) is 11.3. The molecule has 0 amide bonds. The molecule has 2 N–H and O–H groups in total. The summed E-state index contributed by atoms with van der Waals surface area (Å²) in [4.78, 5) is 2.69. The van der Waals surface area contributed by atoms with E-state index in [4.69, 9.17) is 5.73 Å². The lowest BCUT2D eigenvalue weighted by Crippen LogP contribution is -1.88. The molecule has 0 bridgehead atoms. The normalized spacial score (nSPS) is 10.4. The third-order valence-corrected chi connectivity index (χ3v) is 5.66. The second-order valence-electron chi connectivity index (χ2n) is 4.12. The number of hydrogen-bond donors (Lipinski definition) is 1. The van der Waals surface area contributed by atoms with Gasteiger partial charge in [-0.2, -0.15) is 5.26 Å². The van der Waals surface area contributed by atoms with Gasteiger partial charge in [-0.1, -0.05) is 40.2 Å². The molecule has 0 aliphatic heterocycles. The molecule has 20 heavy (non-hydrogen) atoms. The Morgan fingerprint density at radius 2 is 1.95 bits per heavy atom. The van der Waals surface area contributed by atoms with Gasteiger partial charge in [0, 0.05) is 25.4 Å². The molecule has 0 fully saturated rings. The SMILES string of the molecule is N#Cc1sc(-c2ccccc2Br)c(-c2cccs2)c1N. The number of rotatable bonds is 2. The van der Waals surface area contributed by atoms with Crippen LogP contribution in [0.4, 0.5) is 5.69 Å². The maximum atomic E-state index is 9.24. The number of nitrogens with two attached hydrogens (primary N) is 1. The van der Waals surface area contributed by atoms with Crippen LogP contribution in [0.1, 0.15) is 4.88 Å². The zero-order chi connectivity index (χ0) is 14.1. The lowest BCUT2D eigenvalue weighted by atomic mass is 10.1. The first-order chi connectivity index (χ1) is 9.72. The van der Waals surface area contributed by atoms with Crippen molar-refractivity contribution in [3.63, 3.8) is 0 Å². The fourth-order valence-corrected chi connectivity index (χ4v) is 4.57. The van der Waals surface area contributed by atoms with Gasteiger partial charge in [0.2, 0.25) is 0 Å². The minimum atomic E-state index is 0.569. The van der Waals surface area contributed by atoms with Gasteiger partial charge in [-0.15, -0.1) is 22.7 Å². The van der Waals surface area contributed by atoms with E-state index in [1.54, 1.807) is 11.3 Å². The Bertz CT molecular complexity index is 798. The van der Waals surface area contributed by atoms with Crippen LogP contribution in [0.25, 0.3) is 20.9 Å². The lowest BCUT2D eigenvalue weighted by Gasteiger charge is -2.05. The van der Waals surface area contributed by atoms with E-state index in [1.807, 2.05) is 41.8 Å². The molecule has 0 saturated heterocycles. The van der Waals surface area contributed by atoms with E-state index in [-0.39, 0.29) is 0 Å². The van der Waals surface area contributed by atoms with Crippen LogP contribution in [-0.2, 0) is 0 Å². The highest BCUT2D eigenvalue weighted by Crippen LogP contribution is 2.47. The van der Waals surface area contributed by atoms with Gasteiger partial charge in [-0.3, -0.25) is 0 Å². The summed E-state index contributed by atoms with van der Waals surface area (Å²) < 4.78 is 1.00. The Hall–Kier alpha value is -1.61. The van der Waals surface area contributed by atoms with E-state index < -0.39 is 0 Å². The Balaban J connectivity index is 2.32. The molecule has 3 rings (SSSR count). The van der Waals surface area contributed by atoms with Crippen molar-refractivity contribution in [2.45, 2.75) is 0 Å². The molecule has 0 unspecified atom stereocenters. The van der Waals surface area contributed by atoms with Gasteiger partial charge in [-0.05, 0) is 17.5 Å². The minimum Gasteiger partial charge on any atom is -0.396 e. The van der Waals surface area contributed by atoms with Crippen molar-refractivity contribution in [3.05, 3.63) is 51.1 Å². The zero-order valence-electron chi connectivity index (χ0n) is 10.3. The lowest BCUT2D eigenvalue weighted by molar-refractivity contribution is 1.52. The number of thiophene rings is 2. The van der Waals surface area contributed by atoms with Crippen molar-refractivity contribution in [2.75, 3.05) is 5.73 Å². The molecular formula is C15H9BrN2S2. The maximum Gasteiger partial charge on any atom is 0.129 e. The highest BCUT2D eigenvalue weighted by molar-refractivity contribution is 9.10. The van der Waals surface area contributed by atoms with Crippen LogP contribution in [0, 0.1) is 11.3 Å². The molecule has 0 aliphatic carbocycles. The molecule has 2 heterocycles. The third kappa shape index (κ3) is 2.16. The van der Waals surface area contributed by atoms with Crippen molar-refractivity contribution >= 4 is 44.3 Å². The second-order valence-corrected chi connectivity index (χ2v) is 6.94. The molecule has 0 spiro atoms. The number of nitrogens with zero attached hydrogens (tertiary/aromatic N) is 1. The Labute approximate surface area is 133 Å². The first-order valence-corrected chi connectivity index (χ1v) is 8.32. The van der Waals surface area contributed by atoms with Gasteiger partial charge in [0.05, 0.1) is 5.69 Å². The van der Waals surface area contributed by atoms with Crippen LogP contribution >= 0.6 is 38.6 Å². The van der Waals surface area contributed by atoms with E-state index in [1.165, 1.54) is 11.3 Å². The fraction of sp³-hybridized carbons (Fsp3) is 0. The van der Waals surface area contributed by atoms with Crippen LogP contribution < -0.4 is 5.73 Å². The van der Waals surface area contributed by atoms with Gasteiger partial charge in [0.15, 0.2) is 0 Å². The van der Waals surface area contributed by atoms with E-state index in [0.717, 1.165) is 25.4 Å². The Morgan fingerprint density at radius 3 is 2.60 bits per heavy atom. The summed E-state index contributed by atoms with van der Waals surface area (Å²) >= 11 is 6.65. The topological polar surface area (TPSA) is 49.8 Å². The van der Waals surface area contributed by atoms with Crippen LogP contribution in [0.3, 0.4) is 0 Å². The van der Waals surface area contributed by atoms with Gasteiger partial charge >= 0.3 is 0 Å². The molecule has 0 saturated carbocycles. The van der Waals surface area contributed by atoms with E-state index >= 15 is 0 Å². The predicted molar refractivity (Wildman–Crippen MR) is 89.9 cm³/mol. The monoisotopic (exact) mass is 360 g/mol. The molecule has 3 aromatic rings. The van der Waals surface area contributed by atoms with Crippen LogP contribution in [0.2, 0.25) is 0 Å². The largest absolute Gasteiger partial charge is 0.396 e. The van der Waals surface area contributed by atoms with Crippen molar-refractivity contribution in [1.29, 1.82) is 5.26 Å². The Kier molecular flexibility index (Phi) is 3.62. The molecule has 0 radical (unpaired) electrons. The molecule has 0 atom stereocenters. The summed E-state index contributed by atoms with van der Waals surface area (Å²) in [7, 11) is 0. The highest BCUT2D eigenvalue weighted by atomic mass is 79.9. The van der Waals surface area contributed by atoms with Crippen LogP contribution in [-0.4, -0.2) is 0 Å². The number of hydrogen-bond acceptors (Lipinski definition) is 4. The molecular weight excluding hydrogens is 352 g/mol. The van der Waals surface area contributed by atoms with Gasteiger partial charge in [0.25, 0.3) is 0 Å². The van der Waals surface area contributed by atoms with Gasteiger partial charge in [-0.25, -0.2) is 0 Å². The van der Waals surface area contributed by atoms with Crippen molar-refractivity contribution in [2.24, 2.45) is 0 Å². The number of nitrogen functional groups attached to an aromatic ring is 1. The number of anilines is 1. The van der Waals surface area contributed by atoms with Crippen molar-refractivity contribution in [1.82, 2.24) is 0 Å². The van der Waals surface area contributed by atoms with Crippen molar-refractivity contribution in [3.8, 4) is 27.0 Å². The first kappa shape index (κ1) is 13.4. The highest BCUT2D eigenvalue weighted by Gasteiger charge is 2.20. The smallest absolute Gasteiger partial charge is 0.129 e. The number of halogens is 1. The molecule has 5 heteroatoms. The van der Waals surface area contributed by atoms with Gasteiger partial charge < -0.3 is 5.73 Å². The summed E-state index contributed by atoms with van der Waals surface area (Å²) in [5.74, 6) is 0. The predicted octanol–water partition coefficient (Wildman–Crippen LogP) is 5.36. The fourth-order valence-electron chi connectivity index (χ4n) is 2.03. The zero-order valence-corrected chi connectivity index (χ0v) is 13.5. The van der Waals surface area contributed by atoms with Crippen LogP contribution in [0.5, 0.6) is 0 Å². The quantitative estimate of drug-likeness (QED) is 0.668. The molecule has 1 aromatic carbocycles. The second kappa shape index (κ2) is 5.41. The molecule has 98 valence electrons. The third-order valence-electron chi connectivity index (χ3n) is 2.93. The summed E-state index contributed by atoms with van der Waals surface area (Å²) in [5.41, 5.74) is 8.78. The maximum absolute atomic E-state index is 9.24. The minimum absolute atomic E-state index is 0.569. The first-order valence-electron chi connectivity index (χ1n) is 5.83. The summed E-state index contributed by atoms with van der Waals surface area (Å²) in [6, 6.07) is 14.2. The van der Waals surface area contributed by atoms with Crippen molar-refractivity contribution < 1.29 is 0 Å². The van der Waals surface area contributed by atoms with E-state index in [0.29, 0.717) is 10.6 Å². The summed E-state index contributed by atoms with van der Waals surface area (Å²) in [6.07, 6.45) is 0. The van der Waals surface area contributed by atoms with Gasteiger partial charge in [0.1, 0.15) is 10.9 Å². The molecule has 0 aliphatic rings.